The Balaban J connectivity index is 1.75. The Hall–Kier alpha value is -2.82. The number of rotatable bonds is 3. The number of benzene rings is 3. The van der Waals surface area contributed by atoms with Gasteiger partial charge in [0.2, 0.25) is 0 Å². The van der Waals surface area contributed by atoms with E-state index >= 15 is 0 Å². The molecule has 1 aromatic heterocycles. The van der Waals surface area contributed by atoms with Crippen LogP contribution in [0.4, 0.5) is 0 Å². The van der Waals surface area contributed by atoms with Crippen LogP contribution in [0.3, 0.4) is 0 Å². The zero-order valence-electron chi connectivity index (χ0n) is 14.3. The molecule has 4 nitrogen and oxygen atoms in total. The van der Waals surface area contributed by atoms with Gasteiger partial charge >= 0.3 is 0 Å². The number of aromatic amines is 1. The second-order valence-corrected chi connectivity index (χ2v) is 6.88. The van der Waals surface area contributed by atoms with Gasteiger partial charge in [0.15, 0.2) is 5.82 Å². The Morgan fingerprint density at radius 2 is 1.85 bits per heavy atom. The predicted molar refractivity (Wildman–Crippen MR) is 112 cm³/mol. The number of halogens is 2. The van der Waals surface area contributed by atoms with Crippen molar-refractivity contribution in [1.82, 2.24) is 9.97 Å². The van der Waals surface area contributed by atoms with Crippen molar-refractivity contribution in [2.45, 2.75) is 0 Å². The fourth-order valence-electron chi connectivity index (χ4n) is 2.90. The van der Waals surface area contributed by atoms with E-state index in [2.05, 4.69) is 9.97 Å². The molecular weight excluding hydrogens is 383 g/mol. The van der Waals surface area contributed by atoms with Gasteiger partial charge in [0.25, 0.3) is 5.56 Å². The van der Waals surface area contributed by atoms with Gasteiger partial charge in [-0.15, -0.1) is 0 Å². The lowest BCUT2D eigenvalue weighted by Crippen LogP contribution is -2.10. The molecule has 4 rings (SSSR count). The highest BCUT2D eigenvalue weighted by molar-refractivity contribution is 6.50. The van der Waals surface area contributed by atoms with Gasteiger partial charge in [0.1, 0.15) is 5.75 Å². The van der Waals surface area contributed by atoms with Gasteiger partial charge in [-0.3, -0.25) is 4.79 Å². The minimum absolute atomic E-state index is 0.283. The van der Waals surface area contributed by atoms with Crippen molar-refractivity contribution >= 4 is 56.0 Å². The van der Waals surface area contributed by atoms with Crippen LogP contribution in [0.15, 0.2) is 59.4 Å². The number of fused-ring (bicyclic) bond motifs is 2. The number of H-pyrrole nitrogens is 1. The number of hydrogen-bond acceptors (Lipinski definition) is 3. The Bertz CT molecular complexity index is 1260. The van der Waals surface area contributed by atoms with E-state index in [9.17, 15) is 4.79 Å². The second kappa shape index (κ2) is 7.06. The predicted octanol–water partition coefficient (Wildman–Crippen LogP) is 5.48. The monoisotopic (exact) mass is 396 g/mol. The smallest absolute Gasteiger partial charge is 0.259 e. The Labute approximate surface area is 165 Å². The normalized spacial score (nSPS) is 11.9. The minimum Gasteiger partial charge on any atom is -0.497 e. The molecule has 1 heterocycles. The van der Waals surface area contributed by atoms with Gasteiger partial charge in [0.05, 0.1) is 23.0 Å². The third kappa shape index (κ3) is 3.54. The standard InChI is InChI=1S/C21H14Cl2N2O2/c1-27-16-6-4-13-8-12(2-3-14(13)10-16)9-18(23)20-24-19-7-5-15(22)11-17(19)21(26)25-20/h2-11H,1H3,(H,24,25,26)/b18-9-. The average Bonchev–Trinajstić information content (AvgIpc) is 2.68. The van der Waals surface area contributed by atoms with E-state index in [1.165, 1.54) is 0 Å². The van der Waals surface area contributed by atoms with Gasteiger partial charge in [0, 0.05) is 5.02 Å². The molecule has 0 fully saturated rings. The third-order valence-corrected chi connectivity index (χ3v) is 4.78. The lowest BCUT2D eigenvalue weighted by Gasteiger charge is -2.05. The molecule has 0 bridgehead atoms. The van der Waals surface area contributed by atoms with Crippen LogP contribution in [-0.4, -0.2) is 17.1 Å². The molecule has 27 heavy (non-hydrogen) atoms. The Kier molecular flexibility index (Phi) is 4.60. The summed E-state index contributed by atoms with van der Waals surface area (Å²) in [5.74, 6) is 1.12. The number of hydrogen-bond donors (Lipinski definition) is 1. The van der Waals surface area contributed by atoms with Crippen LogP contribution in [0.1, 0.15) is 11.4 Å². The van der Waals surface area contributed by atoms with E-state index in [0.717, 1.165) is 22.1 Å². The highest BCUT2D eigenvalue weighted by Gasteiger charge is 2.08. The summed E-state index contributed by atoms with van der Waals surface area (Å²) in [5.41, 5.74) is 1.15. The summed E-state index contributed by atoms with van der Waals surface area (Å²) in [4.78, 5) is 19.4. The van der Waals surface area contributed by atoms with E-state index < -0.39 is 0 Å². The van der Waals surface area contributed by atoms with Crippen molar-refractivity contribution in [3.63, 3.8) is 0 Å². The van der Waals surface area contributed by atoms with Crippen LogP contribution < -0.4 is 10.3 Å². The molecule has 0 atom stereocenters. The van der Waals surface area contributed by atoms with E-state index in [4.69, 9.17) is 27.9 Å². The van der Waals surface area contributed by atoms with Crippen molar-refractivity contribution in [1.29, 1.82) is 0 Å². The Morgan fingerprint density at radius 3 is 2.67 bits per heavy atom. The van der Waals surface area contributed by atoms with Gasteiger partial charge in [-0.05, 0) is 58.8 Å². The summed E-state index contributed by atoms with van der Waals surface area (Å²) in [6.45, 7) is 0. The molecule has 0 unspecified atom stereocenters. The molecule has 0 radical (unpaired) electrons. The molecular formula is C21H14Cl2N2O2. The minimum atomic E-state index is -0.283. The molecule has 0 aliphatic rings. The van der Waals surface area contributed by atoms with Gasteiger partial charge in [-0.2, -0.15) is 0 Å². The van der Waals surface area contributed by atoms with E-state index in [1.54, 1.807) is 31.4 Å². The number of methoxy groups -OCH3 is 1. The summed E-state index contributed by atoms with van der Waals surface area (Å²) in [5, 5.41) is 3.38. The Morgan fingerprint density at radius 1 is 1.07 bits per heavy atom. The maximum atomic E-state index is 12.3. The first kappa shape index (κ1) is 17.6. The van der Waals surface area contributed by atoms with Crippen LogP contribution in [0.25, 0.3) is 32.8 Å². The molecule has 0 spiro atoms. The van der Waals surface area contributed by atoms with E-state index in [1.807, 2.05) is 36.4 Å². The molecule has 4 aromatic rings. The summed E-state index contributed by atoms with van der Waals surface area (Å²) < 4.78 is 5.25. The molecule has 0 aliphatic heterocycles. The SMILES string of the molecule is COc1ccc2cc(/C=C(\Cl)c3nc4ccc(Cl)cc4c(=O)[nH]3)ccc2c1. The highest BCUT2D eigenvalue weighted by atomic mass is 35.5. The molecule has 134 valence electrons. The van der Waals surface area contributed by atoms with Crippen molar-refractivity contribution < 1.29 is 4.74 Å². The maximum Gasteiger partial charge on any atom is 0.259 e. The number of nitrogens with one attached hydrogen (secondary N) is 1. The quantitative estimate of drug-likeness (QED) is 0.498. The molecule has 0 aliphatic carbocycles. The fourth-order valence-corrected chi connectivity index (χ4v) is 3.29. The molecule has 0 saturated carbocycles. The van der Waals surface area contributed by atoms with Crippen molar-refractivity contribution in [3.05, 3.63) is 81.4 Å². The first-order chi connectivity index (χ1) is 13.0. The number of ether oxygens (including phenoxy) is 1. The first-order valence-corrected chi connectivity index (χ1v) is 8.94. The molecule has 6 heteroatoms. The summed E-state index contributed by atoms with van der Waals surface area (Å²) in [6.07, 6.45) is 1.77. The highest BCUT2D eigenvalue weighted by Crippen LogP contribution is 2.25. The zero-order chi connectivity index (χ0) is 19.0. The van der Waals surface area contributed by atoms with Gasteiger partial charge < -0.3 is 9.72 Å². The van der Waals surface area contributed by atoms with Crippen molar-refractivity contribution in [3.8, 4) is 5.75 Å². The third-order valence-electron chi connectivity index (χ3n) is 4.26. The lowest BCUT2D eigenvalue weighted by atomic mass is 10.1. The zero-order valence-corrected chi connectivity index (χ0v) is 15.8. The van der Waals surface area contributed by atoms with Crippen LogP contribution >= 0.6 is 23.2 Å². The number of nitrogens with zero attached hydrogens (tertiary/aromatic N) is 1. The summed E-state index contributed by atoms with van der Waals surface area (Å²) in [6, 6.07) is 16.8. The van der Waals surface area contributed by atoms with Crippen molar-refractivity contribution in [2.24, 2.45) is 0 Å². The molecule has 3 aromatic carbocycles. The number of aromatic nitrogens is 2. The first-order valence-electron chi connectivity index (χ1n) is 8.18. The van der Waals surface area contributed by atoms with Crippen LogP contribution in [0.5, 0.6) is 5.75 Å². The maximum absolute atomic E-state index is 12.3. The largest absolute Gasteiger partial charge is 0.497 e. The molecule has 0 saturated heterocycles. The lowest BCUT2D eigenvalue weighted by molar-refractivity contribution is 0.415. The van der Waals surface area contributed by atoms with Gasteiger partial charge in [-0.1, -0.05) is 41.4 Å². The topological polar surface area (TPSA) is 55.0 Å². The van der Waals surface area contributed by atoms with Crippen molar-refractivity contribution in [2.75, 3.05) is 7.11 Å². The van der Waals surface area contributed by atoms with Crippen LogP contribution in [0, 0.1) is 0 Å². The molecule has 1 N–H and O–H groups in total. The van der Waals surface area contributed by atoms with Gasteiger partial charge in [-0.25, -0.2) is 4.98 Å². The van der Waals surface area contributed by atoms with Crippen LogP contribution in [-0.2, 0) is 0 Å². The second-order valence-electron chi connectivity index (χ2n) is 6.04. The summed E-state index contributed by atoms with van der Waals surface area (Å²) in [7, 11) is 1.64. The van der Waals surface area contributed by atoms with E-state index in [-0.39, 0.29) is 5.56 Å². The van der Waals surface area contributed by atoms with Crippen LogP contribution in [0.2, 0.25) is 5.02 Å². The fraction of sp³-hybridized carbons (Fsp3) is 0.0476. The average molecular weight is 397 g/mol. The summed E-state index contributed by atoms with van der Waals surface area (Å²) >= 11 is 12.4. The van der Waals surface area contributed by atoms with E-state index in [0.29, 0.717) is 26.8 Å². The molecule has 0 amide bonds.